The smallest absolute Gasteiger partial charge is 0.317 e. The molecule has 6 heteroatoms. The predicted octanol–water partition coefficient (Wildman–Crippen LogP) is 0.833. The zero-order valence-corrected chi connectivity index (χ0v) is 12.1. The maximum absolute atomic E-state index is 12.0. The van der Waals surface area contributed by atoms with Gasteiger partial charge >= 0.3 is 12.0 Å². The van der Waals surface area contributed by atoms with Crippen LogP contribution in [0, 0.1) is 5.92 Å². The number of likely N-dealkylation sites (N-methyl/N-ethyl adjacent to an activating group) is 1. The summed E-state index contributed by atoms with van der Waals surface area (Å²) in [6.45, 7) is 9.51. The largest absolute Gasteiger partial charge is 0.481 e. The first-order chi connectivity index (χ1) is 8.99. The first kappa shape index (κ1) is 15.8. The van der Waals surface area contributed by atoms with Gasteiger partial charge in [0.15, 0.2) is 0 Å². The molecule has 0 aromatic heterocycles. The van der Waals surface area contributed by atoms with Gasteiger partial charge in [0.2, 0.25) is 0 Å². The SMILES string of the molecule is CCC(CNC(=O)N1CCN(CC)C(C)C1)C(=O)O. The van der Waals surface area contributed by atoms with E-state index in [1.807, 2.05) is 6.92 Å². The maximum Gasteiger partial charge on any atom is 0.317 e. The third kappa shape index (κ3) is 4.38. The van der Waals surface area contributed by atoms with Crippen molar-refractivity contribution in [1.82, 2.24) is 15.1 Å². The van der Waals surface area contributed by atoms with E-state index in [2.05, 4.69) is 24.1 Å². The number of carboxylic acids is 1. The highest BCUT2D eigenvalue weighted by Crippen LogP contribution is 2.09. The number of rotatable bonds is 5. The van der Waals surface area contributed by atoms with E-state index >= 15 is 0 Å². The molecule has 19 heavy (non-hydrogen) atoms. The lowest BCUT2D eigenvalue weighted by Crippen LogP contribution is -2.56. The molecule has 0 bridgehead atoms. The summed E-state index contributed by atoms with van der Waals surface area (Å²) in [6.07, 6.45) is 0.523. The number of hydrogen-bond acceptors (Lipinski definition) is 3. The van der Waals surface area contributed by atoms with E-state index in [9.17, 15) is 9.59 Å². The average molecular weight is 271 g/mol. The van der Waals surface area contributed by atoms with Gasteiger partial charge in [-0.15, -0.1) is 0 Å². The summed E-state index contributed by atoms with van der Waals surface area (Å²) in [6, 6.07) is 0.202. The van der Waals surface area contributed by atoms with Crippen molar-refractivity contribution >= 4 is 12.0 Å². The van der Waals surface area contributed by atoms with Crippen molar-refractivity contribution in [3.05, 3.63) is 0 Å². The Morgan fingerprint density at radius 3 is 2.53 bits per heavy atom. The molecule has 2 amide bonds. The van der Waals surface area contributed by atoms with Gasteiger partial charge in [0.25, 0.3) is 0 Å². The number of carbonyl (C=O) groups is 2. The second-order valence-electron chi connectivity index (χ2n) is 5.05. The van der Waals surface area contributed by atoms with Crippen LogP contribution in [-0.2, 0) is 4.79 Å². The highest BCUT2D eigenvalue weighted by Gasteiger charge is 2.26. The molecule has 1 aliphatic heterocycles. The predicted molar refractivity (Wildman–Crippen MR) is 73.1 cm³/mol. The highest BCUT2D eigenvalue weighted by molar-refractivity contribution is 5.76. The third-order valence-electron chi connectivity index (χ3n) is 3.80. The molecule has 1 saturated heterocycles. The van der Waals surface area contributed by atoms with E-state index in [1.54, 1.807) is 4.90 Å². The highest BCUT2D eigenvalue weighted by atomic mass is 16.4. The van der Waals surface area contributed by atoms with Crippen LogP contribution in [0.15, 0.2) is 0 Å². The Balaban J connectivity index is 2.40. The fourth-order valence-electron chi connectivity index (χ4n) is 2.38. The summed E-state index contributed by atoms with van der Waals surface area (Å²) in [5, 5.41) is 11.7. The first-order valence-electron chi connectivity index (χ1n) is 6.99. The fourth-order valence-corrected chi connectivity index (χ4v) is 2.38. The van der Waals surface area contributed by atoms with Gasteiger partial charge in [-0.3, -0.25) is 9.69 Å². The lowest BCUT2D eigenvalue weighted by Gasteiger charge is -2.39. The molecule has 110 valence electrons. The Morgan fingerprint density at radius 1 is 1.37 bits per heavy atom. The van der Waals surface area contributed by atoms with Gasteiger partial charge in [0, 0.05) is 32.2 Å². The van der Waals surface area contributed by atoms with Gasteiger partial charge in [-0.2, -0.15) is 0 Å². The zero-order valence-electron chi connectivity index (χ0n) is 12.1. The lowest BCUT2D eigenvalue weighted by molar-refractivity contribution is -0.141. The number of hydrogen-bond donors (Lipinski definition) is 2. The molecule has 0 aromatic rings. The molecule has 0 saturated carbocycles. The molecule has 0 radical (unpaired) electrons. The van der Waals surface area contributed by atoms with Crippen LogP contribution in [0.2, 0.25) is 0 Å². The summed E-state index contributed by atoms with van der Waals surface area (Å²) in [4.78, 5) is 27.0. The summed E-state index contributed by atoms with van der Waals surface area (Å²) in [5.41, 5.74) is 0. The van der Waals surface area contributed by atoms with E-state index in [0.717, 1.165) is 13.1 Å². The van der Waals surface area contributed by atoms with E-state index in [1.165, 1.54) is 0 Å². The van der Waals surface area contributed by atoms with Crippen molar-refractivity contribution < 1.29 is 14.7 Å². The van der Waals surface area contributed by atoms with Gasteiger partial charge in [0.1, 0.15) is 0 Å². The van der Waals surface area contributed by atoms with Crippen LogP contribution in [0.1, 0.15) is 27.2 Å². The van der Waals surface area contributed by atoms with Gasteiger partial charge in [-0.05, 0) is 19.9 Å². The van der Waals surface area contributed by atoms with Crippen LogP contribution in [0.5, 0.6) is 0 Å². The summed E-state index contributed by atoms with van der Waals surface area (Å²) < 4.78 is 0. The molecule has 0 aromatic carbocycles. The Bertz CT molecular complexity index is 322. The van der Waals surface area contributed by atoms with Crippen molar-refractivity contribution in [2.24, 2.45) is 5.92 Å². The van der Waals surface area contributed by atoms with Crippen LogP contribution >= 0.6 is 0 Å². The summed E-state index contributed by atoms with van der Waals surface area (Å²) in [5.74, 6) is -1.36. The minimum atomic E-state index is -0.855. The van der Waals surface area contributed by atoms with Crippen molar-refractivity contribution in [2.75, 3.05) is 32.7 Å². The molecule has 1 heterocycles. The van der Waals surface area contributed by atoms with Gasteiger partial charge in [-0.25, -0.2) is 4.79 Å². The van der Waals surface area contributed by atoms with E-state index in [-0.39, 0.29) is 12.6 Å². The van der Waals surface area contributed by atoms with Gasteiger partial charge in [-0.1, -0.05) is 13.8 Å². The summed E-state index contributed by atoms with van der Waals surface area (Å²) >= 11 is 0. The molecule has 2 atom stereocenters. The standard InChI is InChI=1S/C13H25N3O3/c1-4-11(12(17)18)8-14-13(19)16-7-6-15(5-2)10(3)9-16/h10-11H,4-9H2,1-3H3,(H,14,19)(H,17,18). The van der Waals surface area contributed by atoms with E-state index < -0.39 is 11.9 Å². The van der Waals surface area contributed by atoms with Crippen LogP contribution in [0.4, 0.5) is 4.79 Å². The maximum atomic E-state index is 12.0. The monoisotopic (exact) mass is 271 g/mol. The number of urea groups is 1. The Morgan fingerprint density at radius 2 is 2.05 bits per heavy atom. The molecular formula is C13H25N3O3. The quantitative estimate of drug-likeness (QED) is 0.777. The third-order valence-corrected chi connectivity index (χ3v) is 3.80. The number of piperazine rings is 1. The Hall–Kier alpha value is -1.30. The molecule has 1 rings (SSSR count). The minimum absolute atomic E-state index is 0.151. The van der Waals surface area contributed by atoms with Crippen molar-refractivity contribution in [3.8, 4) is 0 Å². The topological polar surface area (TPSA) is 72.9 Å². The van der Waals surface area contributed by atoms with Gasteiger partial charge < -0.3 is 15.3 Å². The molecule has 0 spiro atoms. The molecule has 0 aliphatic carbocycles. The van der Waals surface area contributed by atoms with Crippen LogP contribution in [0.25, 0.3) is 0 Å². The molecule has 6 nitrogen and oxygen atoms in total. The number of carboxylic acid groups (broad SMARTS) is 1. The molecule has 2 unspecified atom stereocenters. The lowest BCUT2D eigenvalue weighted by atomic mass is 10.1. The van der Waals surface area contributed by atoms with Crippen molar-refractivity contribution in [1.29, 1.82) is 0 Å². The normalized spacial score (nSPS) is 22.1. The summed E-state index contributed by atoms with van der Waals surface area (Å²) in [7, 11) is 0. The second kappa shape index (κ2) is 7.33. The molecule has 2 N–H and O–H groups in total. The molecule has 1 fully saturated rings. The van der Waals surface area contributed by atoms with Crippen LogP contribution in [-0.4, -0.2) is 65.7 Å². The molecule has 1 aliphatic rings. The van der Waals surface area contributed by atoms with Crippen molar-refractivity contribution in [3.63, 3.8) is 0 Å². The number of carbonyl (C=O) groups excluding carboxylic acids is 1. The number of aliphatic carboxylic acids is 1. The van der Waals surface area contributed by atoms with Gasteiger partial charge in [0.05, 0.1) is 5.92 Å². The van der Waals surface area contributed by atoms with Crippen LogP contribution < -0.4 is 5.32 Å². The first-order valence-corrected chi connectivity index (χ1v) is 6.99. The number of amides is 2. The zero-order chi connectivity index (χ0) is 14.4. The Labute approximate surface area is 114 Å². The van der Waals surface area contributed by atoms with Crippen LogP contribution in [0.3, 0.4) is 0 Å². The second-order valence-corrected chi connectivity index (χ2v) is 5.05. The van der Waals surface area contributed by atoms with E-state index in [4.69, 9.17) is 5.11 Å². The number of nitrogens with zero attached hydrogens (tertiary/aromatic N) is 2. The van der Waals surface area contributed by atoms with E-state index in [0.29, 0.717) is 25.6 Å². The minimum Gasteiger partial charge on any atom is -0.481 e. The average Bonchev–Trinajstić information content (AvgIpc) is 2.38. The Kier molecular flexibility index (Phi) is 6.08. The molecular weight excluding hydrogens is 246 g/mol. The number of nitrogens with one attached hydrogen (secondary N) is 1. The van der Waals surface area contributed by atoms with Crippen molar-refractivity contribution in [2.45, 2.75) is 33.2 Å². The fraction of sp³-hybridized carbons (Fsp3) is 0.846.